The summed E-state index contributed by atoms with van der Waals surface area (Å²) in [7, 11) is 0. The van der Waals surface area contributed by atoms with Crippen LogP contribution in [-0.2, 0) is 50.5 Å². The van der Waals surface area contributed by atoms with Gasteiger partial charge in [-0.3, -0.25) is 34.2 Å². The number of ether oxygens (including phenoxy) is 1. The van der Waals surface area contributed by atoms with Crippen molar-refractivity contribution in [3.05, 3.63) is 18.9 Å². The van der Waals surface area contributed by atoms with Gasteiger partial charge in [0.25, 0.3) is 0 Å². The van der Waals surface area contributed by atoms with E-state index in [1.54, 1.807) is 0 Å². The maximum absolute atomic E-state index is 10.3. The van der Waals surface area contributed by atoms with Crippen molar-refractivity contribution in [1.29, 1.82) is 0 Å². The van der Waals surface area contributed by atoms with Crippen molar-refractivity contribution >= 4 is 35.8 Å². The van der Waals surface area contributed by atoms with Gasteiger partial charge in [0.15, 0.2) is 5.60 Å². The molecule has 210 valence electrons. The van der Waals surface area contributed by atoms with Crippen molar-refractivity contribution in [2.45, 2.75) is 48.5 Å². The summed E-state index contributed by atoms with van der Waals surface area (Å²) in [5, 5.41) is 103. The summed E-state index contributed by atoms with van der Waals surface area (Å²) < 4.78 is 3.15. The summed E-state index contributed by atoms with van der Waals surface area (Å²) in [5.74, 6) is -13.4. The van der Waals surface area contributed by atoms with Crippen LogP contribution in [-0.4, -0.2) is 120 Å². The van der Waals surface area contributed by atoms with Crippen molar-refractivity contribution in [2.24, 2.45) is 0 Å². The molecule has 1 heterocycles. The maximum atomic E-state index is 10.3. The van der Waals surface area contributed by atoms with Crippen LogP contribution < -0.4 is 5.11 Å². The molecule has 0 aromatic heterocycles. The molecular weight excluding hydrogens is 556 g/mol. The molecule has 1 rings (SSSR count). The third-order valence-corrected chi connectivity index (χ3v) is 3.83. The molecule has 2 atom stereocenters. The number of carboxylic acids is 6. The smallest absolute Gasteiger partial charge is 0.629 e. The molecule has 0 aromatic rings. The molecule has 0 spiro atoms. The summed E-state index contributed by atoms with van der Waals surface area (Å²) in [6, 6.07) is 0. The molecular formula is C17H24O19Ti. The van der Waals surface area contributed by atoms with E-state index >= 15 is 0 Å². The van der Waals surface area contributed by atoms with Gasteiger partial charge >= 0.3 is 48.8 Å². The van der Waals surface area contributed by atoms with E-state index in [-0.39, 0.29) is 29.2 Å². The molecule has 12 N–H and O–H groups in total. The van der Waals surface area contributed by atoms with Crippen LogP contribution in [0.15, 0.2) is 12.0 Å². The Labute approximate surface area is 221 Å². The quantitative estimate of drug-likeness (QED) is 0.0272. The van der Waals surface area contributed by atoms with E-state index < -0.39 is 90.2 Å². The first-order valence-electron chi connectivity index (χ1n) is 8.85. The van der Waals surface area contributed by atoms with Crippen LogP contribution in [0.5, 0.6) is 0 Å². The fourth-order valence-corrected chi connectivity index (χ4v) is 2.10. The Morgan fingerprint density at radius 2 is 1.14 bits per heavy atom. The topological polar surface area (TPSA) is 361 Å². The summed E-state index contributed by atoms with van der Waals surface area (Å²) >= 11 is 0. The van der Waals surface area contributed by atoms with Crippen molar-refractivity contribution in [2.75, 3.05) is 0 Å². The molecule has 1 fully saturated rings. The van der Waals surface area contributed by atoms with Crippen molar-refractivity contribution in [1.82, 2.24) is 0 Å². The summed E-state index contributed by atoms with van der Waals surface area (Å²) in [5.41, 5.74) is -7.05. The second-order valence-electron chi connectivity index (χ2n) is 7.11. The number of aliphatic hydroxyl groups is 7. The first-order chi connectivity index (χ1) is 15.9. The number of aliphatic hydroxyl groups excluding tert-OH is 1. The molecule has 20 heteroatoms. The summed E-state index contributed by atoms with van der Waals surface area (Å²) in [6.07, 6.45) is -3.49. The molecule has 0 unspecified atom stereocenters. The van der Waals surface area contributed by atoms with Gasteiger partial charge in [-0.15, -0.1) is 0 Å². The van der Waals surface area contributed by atoms with E-state index in [9.17, 15) is 33.9 Å². The van der Waals surface area contributed by atoms with Gasteiger partial charge in [-0.2, -0.15) is 0 Å². The molecule has 0 aliphatic carbocycles. The minimum absolute atomic E-state index is 0. The normalized spacial score (nSPS) is 17.8. The number of epoxide rings is 1. The average Bonchev–Trinajstić information content (AvgIpc) is 3.10. The predicted molar refractivity (Wildman–Crippen MR) is 103 cm³/mol. The number of hydrogen-bond acceptors (Lipinski definition) is 12. The zero-order valence-corrected chi connectivity index (χ0v) is 19.9. The van der Waals surface area contributed by atoms with Crippen LogP contribution in [0.3, 0.4) is 0 Å². The summed E-state index contributed by atoms with van der Waals surface area (Å²) in [6.45, 7) is 2.78. The Morgan fingerprint density at radius 1 is 0.784 bits per heavy atom. The Hall–Kier alpha value is -3.33. The number of carbonyl (C=O) groups is 6. The number of hydrogen-bond donors (Lipinski definition) is 11. The Kier molecular flexibility index (Phi) is 14.9. The van der Waals surface area contributed by atoms with Crippen molar-refractivity contribution < 1.29 is 118 Å². The van der Waals surface area contributed by atoms with E-state index in [0.717, 1.165) is 0 Å². The fraction of sp³-hybridized carbons (Fsp3) is 0.471. The second kappa shape index (κ2) is 14.4. The van der Waals surface area contributed by atoms with E-state index in [0.29, 0.717) is 0 Å². The van der Waals surface area contributed by atoms with Gasteiger partial charge in [-0.1, -0.05) is 0 Å². The predicted octanol–water partition coefficient (Wildman–Crippen LogP) is -4.89. The third kappa shape index (κ3) is 14.1. The Balaban J connectivity index is -0.000000225. The molecule has 0 bridgehead atoms. The van der Waals surface area contributed by atoms with Crippen molar-refractivity contribution in [3.63, 3.8) is 0 Å². The Morgan fingerprint density at radius 3 is 1.30 bits per heavy atom. The van der Waals surface area contributed by atoms with E-state index in [1.165, 1.54) is 0 Å². The van der Waals surface area contributed by atoms with Crippen LogP contribution in [0.4, 0.5) is 0 Å². The van der Waals surface area contributed by atoms with Gasteiger partial charge in [0.05, 0.1) is 18.4 Å². The van der Waals surface area contributed by atoms with Gasteiger partial charge < -0.3 is 62.7 Å². The second-order valence-corrected chi connectivity index (χ2v) is 7.11. The molecule has 1 aliphatic heterocycles. The largest absolute Gasteiger partial charge is 1.00 e. The van der Waals surface area contributed by atoms with Crippen molar-refractivity contribution in [3.8, 4) is 0 Å². The van der Waals surface area contributed by atoms with E-state index in [4.69, 9.17) is 56.2 Å². The van der Waals surface area contributed by atoms with E-state index in [1.807, 2.05) is 0 Å². The molecule has 0 radical (unpaired) electrons. The molecule has 0 saturated carbocycles. The third-order valence-electron chi connectivity index (χ3n) is 3.83. The summed E-state index contributed by atoms with van der Waals surface area (Å²) in [4.78, 5) is 60.7. The molecule has 0 aromatic carbocycles. The minimum Gasteiger partial charge on any atom is -0.629 e. The zero-order chi connectivity index (χ0) is 29.3. The molecule has 1 saturated heterocycles. The molecule has 37 heavy (non-hydrogen) atoms. The van der Waals surface area contributed by atoms with Crippen LogP contribution in [0.1, 0.15) is 27.1 Å². The molecule has 19 nitrogen and oxygen atoms in total. The number of rotatable bonds is 11. The van der Waals surface area contributed by atoms with Crippen LogP contribution in [0, 0.1) is 6.92 Å². The van der Waals surface area contributed by atoms with E-state index in [2.05, 4.69) is 11.7 Å². The fourth-order valence-electron chi connectivity index (χ4n) is 2.10. The van der Waals surface area contributed by atoms with Gasteiger partial charge in [-0.25, -0.2) is 4.79 Å². The first-order valence-corrected chi connectivity index (χ1v) is 8.85. The Bertz CT molecular complexity index is 893. The van der Waals surface area contributed by atoms with Gasteiger partial charge in [-0.05, 0) is 6.08 Å². The number of aliphatic carboxylic acids is 6. The van der Waals surface area contributed by atoms with Gasteiger partial charge in [0.2, 0.25) is 0 Å². The molecule has 0 amide bonds. The standard InChI is InChI=1S/2C6H8O7.C5H7O5.Ti/c7-3(8)1-5(2-4(9)10)6(11,12)13-5;7-3(8)1-6(13,5(11)12)2-4(9)10;1-5(10,4(8)9)2-3(6)7;/h11-12H,1-2H2,(H,7,8)(H,9,10);1,7-8,13H,2H2,(H,9,10)(H,11,12);10H,1-2H2,(H,6,7)(H,8,9);/q;;-1;/p+1/t;6-;5-;/m.10./s1. The van der Waals surface area contributed by atoms with Gasteiger partial charge in [0, 0.05) is 27.7 Å². The SMILES string of the molecule is O=C(O)CC1(CC(=O)O)[OH+]C1(O)O.O=C(O)C[C@](O)(/C=C(\[O-])O)C(=O)O.[CH2-][C@](O)(CC(=O)O)C(=O)O.[H+].[Ti]. The zero-order valence-electron chi connectivity index (χ0n) is 19.3. The molecule has 1 aliphatic rings. The first kappa shape index (κ1) is 38.2. The average molecular weight is 580 g/mol. The van der Waals surface area contributed by atoms with Crippen LogP contribution >= 0.6 is 0 Å². The monoisotopic (exact) mass is 580 g/mol. The van der Waals surface area contributed by atoms with Crippen LogP contribution in [0.25, 0.3) is 0 Å². The minimum atomic E-state index is -2.86. The van der Waals surface area contributed by atoms with Crippen LogP contribution in [0.2, 0.25) is 0 Å². The maximum Gasteiger partial charge on any atom is 1.00 e. The van der Waals surface area contributed by atoms with Gasteiger partial charge in [0.1, 0.15) is 12.8 Å². The number of carboxylic acid groups (broad SMARTS) is 6.